The zero-order valence-corrected chi connectivity index (χ0v) is 12.0. The quantitative estimate of drug-likeness (QED) is 0.780. The molecule has 1 aromatic carbocycles. The third-order valence-corrected chi connectivity index (χ3v) is 5.13. The second kappa shape index (κ2) is 5.71. The SMILES string of the molecule is CCC(CC)(CC)NS(=O)(=O)c1cccc(N)c1. The van der Waals surface area contributed by atoms with E-state index in [-0.39, 0.29) is 10.4 Å². The van der Waals surface area contributed by atoms with Gasteiger partial charge in [0.1, 0.15) is 0 Å². The molecule has 0 fully saturated rings. The van der Waals surface area contributed by atoms with Crippen LogP contribution in [0.4, 0.5) is 5.69 Å². The van der Waals surface area contributed by atoms with Crippen LogP contribution in [0.1, 0.15) is 40.0 Å². The predicted molar refractivity (Wildman–Crippen MR) is 74.8 cm³/mol. The minimum Gasteiger partial charge on any atom is -0.399 e. The molecule has 0 radical (unpaired) electrons. The summed E-state index contributed by atoms with van der Waals surface area (Å²) in [6.07, 6.45) is 2.30. The lowest BCUT2D eigenvalue weighted by Gasteiger charge is -2.31. The molecular formula is C13H22N2O2S. The van der Waals surface area contributed by atoms with Gasteiger partial charge in [-0.2, -0.15) is 0 Å². The highest BCUT2D eigenvalue weighted by molar-refractivity contribution is 7.89. The van der Waals surface area contributed by atoms with Crippen LogP contribution in [0.15, 0.2) is 29.2 Å². The van der Waals surface area contributed by atoms with E-state index in [0.29, 0.717) is 5.69 Å². The number of nitrogen functional groups attached to an aromatic ring is 1. The smallest absolute Gasteiger partial charge is 0.241 e. The second-order valence-corrected chi connectivity index (χ2v) is 6.20. The second-order valence-electron chi connectivity index (χ2n) is 4.52. The van der Waals surface area contributed by atoms with Crippen LogP contribution in [0.25, 0.3) is 0 Å². The van der Waals surface area contributed by atoms with Gasteiger partial charge in [-0.05, 0) is 37.5 Å². The van der Waals surface area contributed by atoms with Crippen molar-refractivity contribution in [3.8, 4) is 0 Å². The Balaban J connectivity index is 3.08. The maximum atomic E-state index is 12.3. The fourth-order valence-electron chi connectivity index (χ4n) is 1.99. The van der Waals surface area contributed by atoms with Gasteiger partial charge in [0.25, 0.3) is 0 Å². The highest BCUT2D eigenvalue weighted by atomic mass is 32.2. The number of nitrogens with one attached hydrogen (secondary N) is 1. The van der Waals surface area contributed by atoms with Gasteiger partial charge in [0.05, 0.1) is 4.90 Å². The van der Waals surface area contributed by atoms with Crippen molar-refractivity contribution < 1.29 is 8.42 Å². The van der Waals surface area contributed by atoms with E-state index in [1.54, 1.807) is 18.2 Å². The summed E-state index contributed by atoms with van der Waals surface area (Å²) in [4.78, 5) is 0.224. The molecule has 0 spiro atoms. The summed E-state index contributed by atoms with van der Waals surface area (Å²) in [5.41, 5.74) is 5.70. The zero-order valence-electron chi connectivity index (χ0n) is 11.2. The molecule has 0 amide bonds. The topological polar surface area (TPSA) is 72.2 Å². The molecule has 0 saturated carbocycles. The molecule has 102 valence electrons. The van der Waals surface area contributed by atoms with E-state index in [1.807, 2.05) is 20.8 Å². The number of sulfonamides is 1. The van der Waals surface area contributed by atoms with E-state index in [0.717, 1.165) is 19.3 Å². The van der Waals surface area contributed by atoms with Gasteiger partial charge in [-0.1, -0.05) is 26.8 Å². The van der Waals surface area contributed by atoms with Crippen molar-refractivity contribution in [2.75, 3.05) is 5.73 Å². The standard InChI is InChI=1S/C13H22N2O2S/c1-4-13(5-2,6-3)15-18(16,17)12-9-7-8-11(14)10-12/h7-10,15H,4-6,14H2,1-3H3. The molecule has 3 N–H and O–H groups in total. The fourth-order valence-corrected chi connectivity index (χ4v) is 3.66. The summed E-state index contributed by atoms with van der Waals surface area (Å²) < 4.78 is 27.4. The number of hydrogen-bond donors (Lipinski definition) is 2. The van der Waals surface area contributed by atoms with Crippen molar-refractivity contribution in [3.63, 3.8) is 0 Å². The van der Waals surface area contributed by atoms with Gasteiger partial charge in [0.15, 0.2) is 0 Å². The van der Waals surface area contributed by atoms with E-state index in [1.165, 1.54) is 6.07 Å². The number of hydrogen-bond acceptors (Lipinski definition) is 3. The summed E-state index contributed by atoms with van der Waals surface area (Å²) >= 11 is 0. The van der Waals surface area contributed by atoms with Crippen molar-refractivity contribution in [3.05, 3.63) is 24.3 Å². The monoisotopic (exact) mass is 270 g/mol. The minimum absolute atomic E-state index is 0.224. The van der Waals surface area contributed by atoms with Crippen molar-refractivity contribution in [2.24, 2.45) is 0 Å². The molecule has 0 bridgehead atoms. The first kappa shape index (κ1) is 15.0. The Kier molecular flexibility index (Phi) is 4.76. The zero-order chi connectivity index (χ0) is 13.8. The van der Waals surface area contributed by atoms with Gasteiger partial charge >= 0.3 is 0 Å². The predicted octanol–water partition coefficient (Wildman–Crippen LogP) is 2.52. The van der Waals surface area contributed by atoms with Crippen LogP contribution >= 0.6 is 0 Å². The summed E-state index contributed by atoms with van der Waals surface area (Å²) in [5, 5.41) is 0. The number of benzene rings is 1. The Labute approximate surface area is 110 Å². The third kappa shape index (κ3) is 3.23. The van der Waals surface area contributed by atoms with E-state index in [9.17, 15) is 8.42 Å². The Hall–Kier alpha value is -1.07. The lowest BCUT2D eigenvalue weighted by atomic mass is 9.91. The molecule has 0 heterocycles. The van der Waals surface area contributed by atoms with Gasteiger partial charge < -0.3 is 5.73 Å². The van der Waals surface area contributed by atoms with Gasteiger partial charge in [0, 0.05) is 11.2 Å². The molecule has 0 aliphatic heterocycles. The molecule has 0 atom stereocenters. The highest BCUT2D eigenvalue weighted by Gasteiger charge is 2.30. The van der Waals surface area contributed by atoms with Crippen molar-refractivity contribution in [1.82, 2.24) is 4.72 Å². The largest absolute Gasteiger partial charge is 0.399 e. The average molecular weight is 270 g/mol. The van der Waals surface area contributed by atoms with E-state index >= 15 is 0 Å². The van der Waals surface area contributed by atoms with E-state index < -0.39 is 10.0 Å². The molecule has 18 heavy (non-hydrogen) atoms. The first-order chi connectivity index (χ1) is 8.39. The minimum atomic E-state index is -3.51. The van der Waals surface area contributed by atoms with E-state index in [4.69, 9.17) is 5.73 Å². The lowest BCUT2D eigenvalue weighted by Crippen LogP contribution is -2.46. The average Bonchev–Trinajstić information content (AvgIpc) is 2.36. The Morgan fingerprint density at radius 3 is 2.17 bits per heavy atom. The molecule has 0 saturated heterocycles. The van der Waals surface area contributed by atoms with E-state index in [2.05, 4.69) is 4.72 Å². The molecule has 5 heteroatoms. The Morgan fingerprint density at radius 2 is 1.72 bits per heavy atom. The van der Waals surface area contributed by atoms with Gasteiger partial charge in [-0.3, -0.25) is 0 Å². The van der Waals surface area contributed by atoms with Crippen LogP contribution < -0.4 is 10.5 Å². The Bertz CT molecular complexity index is 485. The van der Waals surface area contributed by atoms with Crippen LogP contribution in [0.3, 0.4) is 0 Å². The van der Waals surface area contributed by atoms with Crippen LogP contribution in [-0.4, -0.2) is 14.0 Å². The molecule has 0 aliphatic rings. The van der Waals surface area contributed by atoms with Gasteiger partial charge in [-0.15, -0.1) is 0 Å². The van der Waals surface area contributed by atoms with Crippen LogP contribution in [0, 0.1) is 0 Å². The van der Waals surface area contributed by atoms with Gasteiger partial charge in [0.2, 0.25) is 10.0 Å². The molecule has 4 nitrogen and oxygen atoms in total. The van der Waals surface area contributed by atoms with Crippen LogP contribution in [0.2, 0.25) is 0 Å². The lowest BCUT2D eigenvalue weighted by molar-refractivity contribution is 0.341. The molecule has 0 aromatic heterocycles. The first-order valence-corrected chi connectivity index (χ1v) is 7.77. The third-order valence-electron chi connectivity index (χ3n) is 3.55. The number of rotatable bonds is 6. The van der Waals surface area contributed by atoms with Crippen LogP contribution in [0.5, 0.6) is 0 Å². The Morgan fingerprint density at radius 1 is 1.17 bits per heavy atom. The number of nitrogens with two attached hydrogens (primary N) is 1. The summed E-state index contributed by atoms with van der Waals surface area (Å²) in [6, 6.07) is 6.36. The maximum Gasteiger partial charge on any atom is 0.241 e. The van der Waals surface area contributed by atoms with Crippen molar-refractivity contribution in [2.45, 2.75) is 50.5 Å². The normalized spacial score (nSPS) is 12.6. The summed E-state index contributed by atoms with van der Waals surface area (Å²) in [5.74, 6) is 0. The molecule has 0 unspecified atom stereocenters. The van der Waals surface area contributed by atoms with Crippen LogP contribution in [-0.2, 0) is 10.0 Å². The summed E-state index contributed by atoms with van der Waals surface area (Å²) in [7, 11) is -3.51. The van der Waals surface area contributed by atoms with Crippen molar-refractivity contribution in [1.29, 1.82) is 0 Å². The molecule has 1 rings (SSSR count). The molecule has 1 aromatic rings. The number of anilines is 1. The van der Waals surface area contributed by atoms with Crippen molar-refractivity contribution >= 4 is 15.7 Å². The maximum absolute atomic E-state index is 12.3. The highest BCUT2D eigenvalue weighted by Crippen LogP contribution is 2.23. The fraction of sp³-hybridized carbons (Fsp3) is 0.538. The molecular weight excluding hydrogens is 248 g/mol. The van der Waals surface area contributed by atoms with Gasteiger partial charge in [-0.25, -0.2) is 13.1 Å². The first-order valence-electron chi connectivity index (χ1n) is 6.28. The molecule has 0 aliphatic carbocycles. The summed E-state index contributed by atoms with van der Waals surface area (Å²) in [6.45, 7) is 5.98.